The maximum absolute atomic E-state index is 6.14. The molecule has 1 atom stereocenters. The van der Waals surface area contributed by atoms with Crippen molar-refractivity contribution in [3.63, 3.8) is 0 Å². The Morgan fingerprint density at radius 2 is 1.60 bits per heavy atom. The monoisotopic (exact) mass is 284 g/mol. The molecule has 104 valence electrons. The second-order valence-corrected chi connectivity index (χ2v) is 6.93. The Kier molecular flexibility index (Phi) is 3.09. The average molecular weight is 284 g/mol. The van der Waals surface area contributed by atoms with Crippen molar-refractivity contribution in [2.24, 2.45) is 0 Å². The van der Waals surface area contributed by atoms with Gasteiger partial charge in [0.2, 0.25) is 0 Å². The summed E-state index contributed by atoms with van der Waals surface area (Å²) in [5.74, 6) is 1.00. The van der Waals surface area contributed by atoms with E-state index in [1.165, 1.54) is 11.1 Å². The molecule has 0 N–H and O–H groups in total. The minimum atomic E-state index is -0.164. The van der Waals surface area contributed by atoms with Gasteiger partial charge in [-0.15, -0.1) is 12.6 Å². The fraction of sp³-hybridized carbons (Fsp3) is 0.333. The molecule has 0 aliphatic carbocycles. The lowest BCUT2D eigenvalue weighted by molar-refractivity contribution is 0.0583. The molecule has 2 aromatic carbocycles. The molecule has 2 heteroatoms. The van der Waals surface area contributed by atoms with Gasteiger partial charge in [-0.25, -0.2) is 0 Å². The molecule has 2 aromatic rings. The van der Waals surface area contributed by atoms with Crippen molar-refractivity contribution in [1.29, 1.82) is 0 Å². The highest BCUT2D eigenvalue weighted by molar-refractivity contribution is 7.80. The van der Waals surface area contributed by atoms with Crippen molar-refractivity contribution in [3.05, 3.63) is 59.7 Å². The van der Waals surface area contributed by atoms with E-state index >= 15 is 0 Å². The zero-order valence-corrected chi connectivity index (χ0v) is 13.1. The van der Waals surface area contributed by atoms with Gasteiger partial charge >= 0.3 is 0 Å². The van der Waals surface area contributed by atoms with Gasteiger partial charge in [0.25, 0.3) is 0 Å². The van der Waals surface area contributed by atoms with Crippen LogP contribution in [-0.4, -0.2) is 5.60 Å². The van der Waals surface area contributed by atoms with Crippen LogP contribution in [0.2, 0.25) is 0 Å². The van der Waals surface area contributed by atoms with Gasteiger partial charge in [0.15, 0.2) is 0 Å². The van der Waals surface area contributed by atoms with E-state index in [0.717, 1.165) is 17.1 Å². The Labute approximate surface area is 126 Å². The van der Waals surface area contributed by atoms with Crippen molar-refractivity contribution in [1.82, 2.24) is 0 Å². The largest absolute Gasteiger partial charge is 0.488 e. The number of hydrogen-bond acceptors (Lipinski definition) is 2. The number of hydrogen-bond donors (Lipinski definition) is 1. The number of rotatable bonds is 1. The summed E-state index contributed by atoms with van der Waals surface area (Å²) in [6.07, 6.45) is 0.961. The van der Waals surface area contributed by atoms with E-state index in [-0.39, 0.29) is 11.0 Å². The van der Waals surface area contributed by atoms with Gasteiger partial charge in [0, 0.05) is 22.3 Å². The highest BCUT2D eigenvalue weighted by atomic mass is 32.1. The van der Waals surface area contributed by atoms with Crippen LogP contribution >= 0.6 is 12.6 Å². The second-order valence-electron chi connectivity index (χ2n) is 6.41. The standard InChI is InChI=1S/C18H20OS/c1-17(2)12-18(3,13-8-10-14(20)11-9-13)15-6-4-5-7-16(15)19-17/h4-11,20H,12H2,1-3H3/t18-/m0/s1. The first-order valence-corrected chi connectivity index (χ1v) is 7.43. The number of fused-ring (bicyclic) bond motifs is 1. The highest BCUT2D eigenvalue weighted by Gasteiger charge is 2.42. The summed E-state index contributed by atoms with van der Waals surface area (Å²) in [4.78, 5) is 0.997. The Hall–Kier alpha value is -1.41. The number of thiol groups is 1. The van der Waals surface area contributed by atoms with Gasteiger partial charge < -0.3 is 4.74 Å². The molecule has 0 amide bonds. The van der Waals surface area contributed by atoms with Crippen LogP contribution in [-0.2, 0) is 5.41 Å². The van der Waals surface area contributed by atoms with Crippen molar-refractivity contribution < 1.29 is 4.74 Å². The first-order valence-electron chi connectivity index (χ1n) is 6.99. The van der Waals surface area contributed by atoms with Crippen molar-refractivity contribution in [3.8, 4) is 5.75 Å². The molecule has 0 spiro atoms. The van der Waals surface area contributed by atoms with Gasteiger partial charge in [-0.2, -0.15) is 0 Å². The van der Waals surface area contributed by atoms with Crippen LogP contribution < -0.4 is 4.74 Å². The molecule has 0 saturated carbocycles. The van der Waals surface area contributed by atoms with E-state index in [0.29, 0.717) is 0 Å². The van der Waals surface area contributed by atoms with Crippen molar-refractivity contribution in [2.75, 3.05) is 0 Å². The predicted octanol–water partition coefficient (Wildman–Crippen LogP) is 4.84. The summed E-state index contributed by atoms with van der Waals surface area (Å²) < 4.78 is 6.14. The Morgan fingerprint density at radius 3 is 2.30 bits per heavy atom. The third-order valence-corrected chi connectivity index (χ3v) is 4.45. The fourth-order valence-electron chi connectivity index (χ4n) is 3.38. The summed E-state index contributed by atoms with van der Waals surface area (Å²) in [6.45, 7) is 6.63. The summed E-state index contributed by atoms with van der Waals surface area (Å²) in [7, 11) is 0. The van der Waals surface area contributed by atoms with Gasteiger partial charge in [-0.05, 0) is 37.6 Å². The van der Waals surface area contributed by atoms with E-state index in [1.54, 1.807) is 0 Å². The summed E-state index contributed by atoms with van der Waals surface area (Å²) in [6, 6.07) is 16.9. The molecule has 1 aliphatic rings. The molecule has 0 radical (unpaired) electrons. The molecule has 0 saturated heterocycles. The lowest BCUT2D eigenvalue weighted by atomic mass is 9.68. The maximum atomic E-state index is 6.14. The van der Waals surface area contributed by atoms with Gasteiger partial charge in [0.05, 0.1) is 0 Å². The summed E-state index contributed by atoms with van der Waals surface area (Å²) in [5, 5.41) is 0. The second kappa shape index (κ2) is 4.56. The highest BCUT2D eigenvalue weighted by Crippen LogP contribution is 2.48. The molecule has 1 nitrogen and oxygen atoms in total. The van der Waals surface area contributed by atoms with E-state index in [2.05, 4.69) is 75.9 Å². The molecule has 0 aromatic heterocycles. The van der Waals surface area contributed by atoms with E-state index in [4.69, 9.17) is 4.74 Å². The lowest BCUT2D eigenvalue weighted by Gasteiger charge is -2.44. The molecule has 0 fully saturated rings. The van der Waals surface area contributed by atoms with Crippen LogP contribution in [0.25, 0.3) is 0 Å². The lowest BCUT2D eigenvalue weighted by Crippen LogP contribution is -2.43. The van der Waals surface area contributed by atoms with Gasteiger partial charge in [-0.1, -0.05) is 37.3 Å². The smallest absolute Gasteiger partial charge is 0.124 e. The zero-order valence-electron chi connectivity index (χ0n) is 12.2. The minimum absolute atomic E-state index is 0.0280. The van der Waals surface area contributed by atoms with Gasteiger partial charge in [0.1, 0.15) is 11.4 Å². The van der Waals surface area contributed by atoms with Crippen molar-refractivity contribution in [2.45, 2.75) is 43.1 Å². The molecular formula is C18H20OS. The summed E-state index contributed by atoms with van der Waals surface area (Å²) >= 11 is 4.39. The topological polar surface area (TPSA) is 9.23 Å². The fourth-order valence-corrected chi connectivity index (χ4v) is 3.53. The number of para-hydroxylation sites is 1. The minimum Gasteiger partial charge on any atom is -0.488 e. The summed E-state index contributed by atoms with van der Waals surface area (Å²) in [5.41, 5.74) is 2.40. The zero-order chi connectivity index (χ0) is 14.4. The van der Waals surface area contributed by atoms with Crippen LogP contribution in [0.5, 0.6) is 5.75 Å². The van der Waals surface area contributed by atoms with E-state index in [9.17, 15) is 0 Å². The normalized spacial score (nSPS) is 23.8. The van der Waals surface area contributed by atoms with Crippen LogP contribution in [0.4, 0.5) is 0 Å². The predicted molar refractivity (Wildman–Crippen MR) is 85.9 cm³/mol. The Bertz CT molecular complexity index is 630. The van der Waals surface area contributed by atoms with Crippen LogP contribution in [0, 0.1) is 0 Å². The van der Waals surface area contributed by atoms with Crippen LogP contribution in [0.15, 0.2) is 53.4 Å². The Balaban J connectivity index is 2.18. The molecule has 20 heavy (non-hydrogen) atoms. The maximum Gasteiger partial charge on any atom is 0.124 e. The van der Waals surface area contributed by atoms with E-state index in [1.807, 2.05) is 6.07 Å². The molecule has 0 bridgehead atoms. The van der Waals surface area contributed by atoms with Crippen molar-refractivity contribution >= 4 is 12.6 Å². The number of ether oxygens (including phenoxy) is 1. The van der Waals surface area contributed by atoms with Crippen LogP contribution in [0.3, 0.4) is 0 Å². The molecular weight excluding hydrogens is 264 g/mol. The molecule has 0 unspecified atom stereocenters. The average Bonchev–Trinajstić information content (AvgIpc) is 2.38. The molecule has 3 rings (SSSR count). The third-order valence-electron chi connectivity index (χ3n) is 4.15. The van der Waals surface area contributed by atoms with Gasteiger partial charge in [-0.3, -0.25) is 0 Å². The van der Waals surface area contributed by atoms with Crippen LogP contribution in [0.1, 0.15) is 38.3 Å². The number of benzene rings is 2. The Morgan fingerprint density at radius 1 is 0.950 bits per heavy atom. The molecule has 1 heterocycles. The molecule has 1 aliphatic heterocycles. The quantitative estimate of drug-likeness (QED) is 0.737. The first kappa shape index (κ1) is 13.6. The SMILES string of the molecule is CC1(C)C[C@@](C)(c2ccc(S)cc2)c2ccccc2O1. The first-order chi connectivity index (χ1) is 9.41. The van der Waals surface area contributed by atoms with E-state index < -0.39 is 0 Å². The third kappa shape index (κ3) is 2.22.